The molecule has 2 aromatic rings. The molecule has 0 spiro atoms. The van der Waals surface area contributed by atoms with Crippen LogP contribution in [0.4, 0.5) is 11.4 Å². The number of hydrogen-bond acceptors (Lipinski definition) is 3. The highest BCUT2D eigenvalue weighted by Gasteiger charge is 2.21. The van der Waals surface area contributed by atoms with Crippen molar-refractivity contribution in [2.75, 3.05) is 23.5 Å². The van der Waals surface area contributed by atoms with Gasteiger partial charge in [-0.3, -0.25) is 4.72 Å². The van der Waals surface area contributed by atoms with Crippen LogP contribution >= 0.6 is 0 Å². The van der Waals surface area contributed by atoms with E-state index in [-0.39, 0.29) is 0 Å². The second-order valence-corrected chi connectivity index (χ2v) is 8.37. The molecule has 5 nitrogen and oxygen atoms in total. The Bertz CT molecular complexity index is 887. The minimum Gasteiger partial charge on any atom is -0.397 e. The maximum Gasteiger partial charge on any atom is 0.301 e. The first-order valence-corrected chi connectivity index (χ1v) is 11.3. The fourth-order valence-electron chi connectivity index (χ4n) is 3.09. The standard InChI is InChI=1S/C22H31N3O2S/c1-4-10-20(18-11-8-7-9-12-18)19-13-14-21(23)22(17-19)24-28(26,27)25(15-5-2)16-6-3/h7-14,17,24H,4-6,15-16,23H2,1-3H3/b20-10+. The van der Waals surface area contributed by atoms with E-state index in [0.29, 0.717) is 24.5 Å². The van der Waals surface area contributed by atoms with E-state index in [1.54, 1.807) is 6.07 Å². The van der Waals surface area contributed by atoms with E-state index in [2.05, 4.69) is 17.7 Å². The Morgan fingerprint density at radius 3 is 2.21 bits per heavy atom. The number of nitrogens with two attached hydrogens (primary N) is 1. The third kappa shape index (κ3) is 5.59. The lowest BCUT2D eigenvalue weighted by Gasteiger charge is -2.22. The summed E-state index contributed by atoms with van der Waals surface area (Å²) < 4.78 is 29.9. The first kappa shape index (κ1) is 22.0. The lowest BCUT2D eigenvalue weighted by Crippen LogP contribution is -2.37. The Kier molecular flexibility index (Phi) is 8.08. The van der Waals surface area contributed by atoms with Gasteiger partial charge in [-0.2, -0.15) is 12.7 Å². The topological polar surface area (TPSA) is 75.4 Å². The van der Waals surface area contributed by atoms with Gasteiger partial charge in [0.15, 0.2) is 0 Å². The molecule has 0 aliphatic rings. The van der Waals surface area contributed by atoms with Crippen LogP contribution < -0.4 is 10.5 Å². The summed E-state index contributed by atoms with van der Waals surface area (Å²) in [6, 6.07) is 15.6. The molecule has 152 valence electrons. The van der Waals surface area contributed by atoms with Gasteiger partial charge in [-0.05, 0) is 48.1 Å². The molecule has 0 heterocycles. The molecule has 0 saturated heterocycles. The molecule has 0 aromatic heterocycles. The fraction of sp³-hybridized carbons (Fsp3) is 0.364. The van der Waals surface area contributed by atoms with Crippen molar-refractivity contribution in [3.05, 3.63) is 65.7 Å². The van der Waals surface area contributed by atoms with Crippen molar-refractivity contribution >= 4 is 27.2 Å². The van der Waals surface area contributed by atoms with Crippen molar-refractivity contribution in [2.45, 2.75) is 40.0 Å². The Morgan fingerprint density at radius 2 is 1.64 bits per heavy atom. The van der Waals surface area contributed by atoms with Gasteiger partial charge >= 0.3 is 10.2 Å². The Labute approximate surface area is 169 Å². The molecule has 0 aliphatic carbocycles. The number of nitrogens with one attached hydrogen (secondary N) is 1. The van der Waals surface area contributed by atoms with Gasteiger partial charge in [0, 0.05) is 13.1 Å². The van der Waals surface area contributed by atoms with Crippen LogP contribution in [0, 0.1) is 0 Å². The molecule has 0 fully saturated rings. The maximum absolute atomic E-state index is 12.9. The van der Waals surface area contributed by atoms with Crippen LogP contribution in [-0.4, -0.2) is 25.8 Å². The highest BCUT2D eigenvalue weighted by molar-refractivity contribution is 7.90. The summed E-state index contributed by atoms with van der Waals surface area (Å²) in [4.78, 5) is 0. The van der Waals surface area contributed by atoms with Crippen molar-refractivity contribution in [3.8, 4) is 0 Å². The largest absolute Gasteiger partial charge is 0.397 e. The number of allylic oxidation sites excluding steroid dienone is 1. The van der Waals surface area contributed by atoms with Crippen molar-refractivity contribution in [1.29, 1.82) is 0 Å². The zero-order valence-corrected chi connectivity index (χ0v) is 17.8. The molecule has 6 heteroatoms. The van der Waals surface area contributed by atoms with E-state index in [0.717, 1.165) is 36.0 Å². The van der Waals surface area contributed by atoms with Gasteiger partial charge in [0.25, 0.3) is 0 Å². The zero-order chi connectivity index (χ0) is 20.6. The van der Waals surface area contributed by atoms with Crippen LogP contribution in [0.15, 0.2) is 54.6 Å². The molecule has 2 rings (SSSR count). The van der Waals surface area contributed by atoms with Crippen LogP contribution in [0.3, 0.4) is 0 Å². The molecule has 0 atom stereocenters. The number of rotatable bonds is 10. The van der Waals surface area contributed by atoms with E-state index in [9.17, 15) is 8.42 Å². The first-order chi connectivity index (χ1) is 13.4. The van der Waals surface area contributed by atoms with Crippen LogP contribution in [0.5, 0.6) is 0 Å². The lowest BCUT2D eigenvalue weighted by molar-refractivity contribution is 0.413. The summed E-state index contributed by atoms with van der Waals surface area (Å²) in [7, 11) is -3.66. The van der Waals surface area contributed by atoms with E-state index in [1.807, 2.05) is 56.3 Å². The van der Waals surface area contributed by atoms with Gasteiger partial charge in [0.1, 0.15) is 0 Å². The second kappa shape index (κ2) is 10.3. The normalized spacial score (nSPS) is 12.4. The summed E-state index contributed by atoms with van der Waals surface area (Å²) in [6.45, 7) is 6.97. The molecule has 0 aliphatic heterocycles. The molecule has 0 amide bonds. The predicted molar refractivity (Wildman–Crippen MR) is 119 cm³/mol. The Morgan fingerprint density at radius 1 is 1.00 bits per heavy atom. The highest BCUT2D eigenvalue weighted by atomic mass is 32.2. The SMILES string of the molecule is CC/C=C(\c1ccccc1)c1ccc(N)c(NS(=O)(=O)N(CCC)CCC)c1. The van der Waals surface area contributed by atoms with Crippen LogP contribution in [0.2, 0.25) is 0 Å². The van der Waals surface area contributed by atoms with Gasteiger partial charge in [-0.25, -0.2) is 0 Å². The lowest BCUT2D eigenvalue weighted by atomic mass is 9.96. The molecule has 2 aromatic carbocycles. The average Bonchev–Trinajstić information content (AvgIpc) is 2.68. The van der Waals surface area contributed by atoms with Crippen LogP contribution in [-0.2, 0) is 10.2 Å². The van der Waals surface area contributed by atoms with E-state index in [1.165, 1.54) is 4.31 Å². The molecule has 0 unspecified atom stereocenters. The summed E-state index contributed by atoms with van der Waals surface area (Å²) in [6.07, 6.45) is 4.53. The van der Waals surface area contributed by atoms with Gasteiger partial charge in [0.2, 0.25) is 0 Å². The fourth-order valence-corrected chi connectivity index (χ4v) is 4.52. The number of hydrogen-bond donors (Lipinski definition) is 2. The monoisotopic (exact) mass is 401 g/mol. The summed E-state index contributed by atoms with van der Waals surface area (Å²) in [5.41, 5.74) is 9.98. The van der Waals surface area contributed by atoms with Crippen molar-refractivity contribution in [1.82, 2.24) is 4.31 Å². The van der Waals surface area contributed by atoms with Gasteiger partial charge in [-0.15, -0.1) is 0 Å². The first-order valence-electron chi connectivity index (χ1n) is 9.86. The van der Waals surface area contributed by atoms with Gasteiger partial charge < -0.3 is 5.73 Å². The minimum atomic E-state index is -3.66. The smallest absolute Gasteiger partial charge is 0.301 e. The zero-order valence-electron chi connectivity index (χ0n) is 17.0. The minimum absolute atomic E-state index is 0.407. The van der Waals surface area contributed by atoms with E-state index >= 15 is 0 Å². The molecular formula is C22H31N3O2S. The van der Waals surface area contributed by atoms with Crippen molar-refractivity contribution in [2.24, 2.45) is 0 Å². The summed E-state index contributed by atoms with van der Waals surface area (Å²) >= 11 is 0. The third-order valence-electron chi connectivity index (χ3n) is 4.38. The molecule has 0 radical (unpaired) electrons. The van der Waals surface area contributed by atoms with Gasteiger partial charge in [-0.1, -0.05) is 63.2 Å². The molecule has 28 heavy (non-hydrogen) atoms. The van der Waals surface area contributed by atoms with E-state index in [4.69, 9.17) is 5.73 Å². The molecule has 3 N–H and O–H groups in total. The predicted octanol–water partition coefficient (Wildman–Crippen LogP) is 4.89. The van der Waals surface area contributed by atoms with Crippen molar-refractivity contribution in [3.63, 3.8) is 0 Å². The molecule has 0 bridgehead atoms. The van der Waals surface area contributed by atoms with Crippen LogP contribution in [0.25, 0.3) is 5.57 Å². The number of benzene rings is 2. The molecule has 0 saturated carbocycles. The summed E-state index contributed by atoms with van der Waals surface area (Å²) in [5.74, 6) is 0. The Balaban J connectivity index is 2.41. The van der Waals surface area contributed by atoms with Crippen molar-refractivity contribution < 1.29 is 8.42 Å². The molecular weight excluding hydrogens is 370 g/mol. The average molecular weight is 402 g/mol. The maximum atomic E-state index is 12.9. The highest BCUT2D eigenvalue weighted by Crippen LogP contribution is 2.30. The summed E-state index contributed by atoms with van der Waals surface area (Å²) in [5, 5.41) is 0. The number of nitrogen functional groups attached to an aromatic ring is 1. The number of nitrogens with zero attached hydrogens (tertiary/aromatic N) is 1. The van der Waals surface area contributed by atoms with Crippen LogP contribution in [0.1, 0.15) is 51.2 Å². The van der Waals surface area contributed by atoms with Gasteiger partial charge in [0.05, 0.1) is 11.4 Å². The quantitative estimate of drug-likeness (QED) is 0.557. The third-order valence-corrected chi connectivity index (χ3v) is 5.91. The second-order valence-electron chi connectivity index (χ2n) is 6.70. The Hall–Kier alpha value is -2.31. The van der Waals surface area contributed by atoms with E-state index < -0.39 is 10.2 Å². The number of anilines is 2.